The molecule has 1 unspecified atom stereocenters. The Morgan fingerprint density at radius 1 is 1.43 bits per heavy atom. The molecular weight excluding hydrogens is 196 g/mol. The van der Waals surface area contributed by atoms with E-state index in [1.165, 1.54) is 17.9 Å². The average molecular weight is 214 g/mol. The Morgan fingerprint density at radius 3 is 2.86 bits per heavy atom. The van der Waals surface area contributed by atoms with Crippen molar-refractivity contribution in [1.29, 1.82) is 0 Å². The van der Waals surface area contributed by atoms with Gasteiger partial charge in [0.1, 0.15) is 0 Å². The van der Waals surface area contributed by atoms with Gasteiger partial charge in [-0.2, -0.15) is 11.8 Å². The molecule has 2 N–H and O–H groups in total. The van der Waals surface area contributed by atoms with Gasteiger partial charge in [-0.3, -0.25) is 4.79 Å². The van der Waals surface area contributed by atoms with Crippen LogP contribution in [0.25, 0.3) is 0 Å². The molecule has 2 rings (SSSR count). The van der Waals surface area contributed by atoms with Gasteiger partial charge in [-0.15, -0.1) is 0 Å². The zero-order valence-electron chi connectivity index (χ0n) is 8.42. The van der Waals surface area contributed by atoms with Crippen molar-refractivity contribution in [2.24, 2.45) is 11.8 Å². The summed E-state index contributed by atoms with van der Waals surface area (Å²) < 4.78 is 0. The first-order chi connectivity index (χ1) is 6.84. The summed E-state index contributed by atoms with van der Waals surface area (Å²) in [5.41, 5.74) is 0. The van der Waals surface area contributed by atoms with Crippen molar-refractivity contribution < 1.29 is 4.79 Å². The summed E-state index contributed by atoms with van der Waals surface area (Å²) in [5.74, 6) is 4.06. The fourth-order valence-corrected chi connectivity index (χ4v) is 3.11. The maximum atomic E-state index is 11.5. The van der Waals surface area contributed by atoms with Crippen molar-refractivity contribution in [3.05, 3.63) is 0 Å². The second-order valence-corrected chi connectivity index (χ2v) is 5.41. The highest BCUT2D eigenvalue weighted by atomic mass is 32.2. The van der Waals surface area contributed by atoms with E-state index in [0.29, 0.717) is 12.3 Å². The van der Waals surface area contributed by atoms with Crippen LogP contribution in [0.2, 0.25) is 0 Å². The zero-order valence-corrected chi connectivity index (χ0v) is 9.24. The summed E-state index contributed by atoms with van der Waals surface area (Å²) in [6, 6.07) is 0. The Bertz CT molecular complexity index is 200. The lowest BCUT2D eigenvalue weighted by atomic mass is 9.99. The summed E-state index contributed by atoms with van der Waals surface area (Å²) in [6.45, 7) is 2.94. The normalized spacial score (nSPS) is 27.3. The molecule has 1 amide bonds. The van der Waals surface area contributed by atoms with Gasteiger partial charge >= 0.3 is 0 Å². The summed E-state index contributed by atoms with van der Waals surface area (Å²) in [4.78, 5) is 11.5. The highest BCUT2D eigenvalue weighted by Crippen LogP contribution is 2.22. The number of thioether (sulfide) groups is 1. The molecule has 0 aliphatic carbocycles. The first-order valence-electron chi connectivity index (χ1n) is 5.40. The van der Waals surface area contributed by atoms with Crippen LogP contribution < -0.4 is 10.6 Å². The van der Waals surface area contributed by atoms with Gasteiger partial charge in [0, 0.05) is 13.0 Å². The summed E-state index contributed by atoms with van der Waals surface area (Å²) in [6.07, 6.45) is 1.99. The molecule has 0 aromatic rings. The maximum Gasteiger partial charge on any atom is 0.220 e. The van der Waals surface area contributed by atoms with Crippen molar-refractivity contribution in [2.75, 3.05) is 31.1 Å². The Morgan fingerprint density at radius 2 is 2.29 bits per heavy atom. The lowest BCUT2D eigenvalue weighted by molar-refractivity contribution is -0.122. The van der Waals surface area contributed by atoms with Crippen LogP contribution in [0.3, 0.4) is 0 Å². The zero-order chi connectivity index (χ0) is 9.80. The van der Waals surface area contributed by atoms with E-state index in [9.17, 15) is 4.79 Å². The van der Waals surface area contributed by atoms with Gasteiger partial charge in [0.2, 0.25) is 5.91 Å². The number of hydrogen-bond acceptors (Lipinski definition) is 3. The number of carbonyl (C=O) groups is 1. The van der Waals surface area contributed by atoms with E-state index in [1.54, 1.807) is 0 Å². The molecule has 2 aliphatic heterocycles. The van der Waals surface area contributed by atoms with Crippen molar-refractivity contribution in [3.8, 4) is 0 Å². The monoisotopic (exact) mass is 214 g/mol. The minimum absolute atomic E-state index is 0.244. The van der Waals surface area contributed by atoms with E-state index in [4.69, 9.17) is 0 Å². The molecular formula is C10H18N2OS. The minimum atomic E-state index is 0.244. The highest BCUT2D eigenvalue weighted by Gasteiger charge is 2.21. The molecule has 0 spiro atoms. The molecule has 14 heavy (non-hydrogen) atoms. The van der Waals surface area contributed by atoms with Crippen molar-refractivity contribution in [2.45, 2.75) is 12.8 Å². The Kier molecular flexibility index (Phi) is 3.70. The van der Waals surface area contributed by atoms with Crippen molar-refractivity contribution >= 4 is 17.7 Å². The van der Waals surface area contributed by atoms with Crippen LogP contribution in [0.5, 0.6) is 0 Å². The molecule has 0 aromatic carbocycles. The number of nitrogens with one attached hydrogen (secondary N) is 2. The van der Waals surface area contributed by atoms with Gasteiger partial charge in [0.15, 0.2) is 0 Å². The van der Waals surface area contributed by atoms with Crippen LogP contribution in [0.4, 0.5) is 0 Å². The average Bonchev–Trinajstić information content (AvgIpc) is 2.60. The molecule has 0 saturated carbocycles. The van der Waals surface area contributed by atoms with Gasteiger partial charge in [-0.05, 0) is 42.9 Å². The molecule has 3 nitrogen and oxygen atoms in total. The first-order valence-corrected chi connectivity index (χ1v) is 6.55. The van der Waals surface area contributed by atoms with E-state index < -0.39 is 0 Å². The Balaban J connectivity index is 1.57. The molecule has 2 heterocycles. The van der Waals surface area contributed by atoms with Gasteiger partial charge in [-0.25, -0.2) is 0 Å². The molecule has 0 bridgehead atoms. The smallest absolute Gasteiger partial charge is 0.220 e. The van der Waals surface area contributed by atoms with Crippen molar-refractivity contribution in [1.82, 2.24) is 10.6 Å². The third-order valence-corrected chi connectivity index (χ3v) is 4.18. The van der Waals surface area contributed by atoms with Gasteiger partial charge in [0.05, 0.1) is 0 Å². The molecule has 4 heteroatoms. The lowest BCUT2D eigenvalue weighted by Gasteiger charge is -2.26. The first kappa shape index (κ1) is 10.3. The van der Waals surface area contributed by atoms with E-state index in [2.05, 4.69) is 10.6 Å². The number of rotatable bonds is 4. The summed E-state index contributed by atoms with van der Waals surface area (Å²) in [7, 11) is 0. The number of carbonyl (C=O) groups excluding carboxylic acids is 1. The van der Waals surface area contributed by atoms with Gasteiger partial charge < -0.3 is 10.6 Å². The van der Waals surface area contributed by atoms with Crippen LogP contribution >= 0.6 is 11.8 Å². The number of amides is 1. The maximum absolute atomic E-state index is 11.5. The fourth-order valence-electron chi connectivity index (χ4n) is 1.83. The number of hydrogen-bond donors (Lipinski definition) is 2. The van der Waals surface area contributed by atoms with E-state index in [0.717, 1.165) is 25.6 Å². The summed E-state index contributed by atoms with van der Waals surface area (Å²) >= 11 is 2.00. The van der Waals surface area contributed by atoms with E-state index in [-0.39, 0.29) is 5.91 Å². The van der Waals surface area contributed by atoms with Gasteiger partial charge in [0.25, 0.3) is 0 Å². The molecule has 1 atom stereocenters. The molecule has 2 saturated heterocycles. The predicted molar refractivity (Wildman–Crippen MR) is 59.4 cm³/mol. The van der Waals surface area contributed by atoms with E-state index in [1.807, 2.05) is 11.8 Å². The van der Waals surface area contributed by atoms with E-state index >= 15 is 0 Å². The van der Waals surface area contributed by atoms with Gasteiger partial charge in [-0.1, -0.05) is 0 Å². The fraction of sp³-hybridized carbons (Fsp3) is 0.900. The molecule has 0 aromatic heterocycles. The minimum Gasteiger partial charge on any atom is -0.356 e. The van der Waals surface area contributed by atoms with Crippen LogP contribution in [0, 0.1) is 11.8 Å². The Hall–Kier alpha value is -0.220. The molecule has 80 valence electrons. The molecule has 2 fully saturated rings. The lowest BCUT2D eigenvalue weighted by Crippen LogP contribution is -2.44. The third kappa shape index (κ3) is 2.89. The molecule has 0 radical (unpaired) electrons. The second kappa shape index (κ2) is 5.03. The van der Waals surface area contributed by atoms with Crippen molar-refractivity contribution in [3.63, 3.8) is 0 Å². The Labute approximate surface area is 89.4 Å². The highest BCUT2D eigenvalue weighted by molar-refractivity contribution is 7.99. The summed E-state index contributed by atoms with van der Waals surface area (Å²) in [5, 5.41) is 6.22. The topological polar surface area (TPSA) is 41.1 Å². The second-order valence-electron chi connectivity index (χ2n) is 4.26. The van der Waals surface area contributed by atoms with Crippen LogP contribution in [-0.2, 0) is 4.79 Å². The van der Waals surface area contributed by atoms with Crippen LogP contribution in [-0.4, -0.2) is 37.0 Å². The van der Waals surface area contributed by atoms with Crippen LogP contribution in [0.1, 0.15) is 12.8 Å². The van der Waals surface area contributed by atoms with Crippen LogP contribution in [0.15, 0.2) is 0 Å². The third-order valence-electron chi connectivity index (χ3n) is 2.95. The quantitative estimate of drug-likeness (QED) is 0.714. The molecule has 2 aliphatic rings. The SMILES string of the molecule is O=C(CC1CNC1)NCC1CCSC1. The standard InChI is InChI=1S/C10H18N2OS/c13-10(3-9-4-11-5-9)12-6-8-1-2-14-7-8/h8-9,11H,1-7H2,(H,12,13). The largest absolute Gasteiger partial charge is 0.356 e. The predicted octanol–water partition coefficient (Wildman–Crippen LogP) is 0.465.